The number of hydrogen-bond donors (Lipinski definition) is 3. The summed E-state index contributed by atoms with van der Waals surface area (Å²) in [6, 6.07) is 17.8. The van der Waals surface area contributed by atoms with E-state index in [0.29, 0.717) is 5.56 Å². The van der Waals surface area contributed by atoms with Gasteiger partial charge in [0.25, 0.3) is 0 Å². The van der Waals surface area contributed by atoms with E-state index < -0.39 is 10.7 Å². The van der Waals surface area contributed by atoms with Gasteiger partial charge in [-0.15, -0.1) is 11.3 Å². The van der Waals surface area contributed by atoms with Crippen LogP contribution in [0.25, 0.3) is 31.6 Å². The zero-order valence-corrected chi connectivity index (χ0v) is 18.8. The van der Waals surface area contributed by atoms with Crippen molar-refractivity contribution in [3.05, 3.63) is 77.6 Å². The van der Waals surface area contributed by atoms with Crippen molar-refractivity contribution >= 4 is 54.5 Å². The highest BCUT2D eigenvalue weighted by Gasteiger charge is 2.15. The lowest BCUT2D eigenvalue weighted by Crippen LogP contribution is -1.97. The summed E-state index contributed by atoms with van der Waals surface area (Å²) >= 11 is 1.54. The maximum absolute atomic E-state index is 11.0. The smallest absolute Gasteiger partial charge is 0.144 e. The van der Waals surface area contributed by atoms with E-state index in [1.165, 1.54) is 11.3 Å². The van der Waals surface area contributed by atoms with E-state index in [0.717, 1.165) is 54.1 Å². The van der Waals surface area contributed by atoms with Gasteiger partial charge in [0.2, 0.25) is 0 Å². The molecule has 0 bridgehead atoms. The van der Waals surface area contributed by atoms with E-state index in [1.807, 2.05) is 54.7 Å². The molecule has 0 atom stereocenters. The number of anilines is 2. The Morgan fingerprint density at radius 2 is 1.94 bits per heavy atom. The minimum Gasteiger partial charge on any atom is -0.361 e. The Kier molecular flexibility index (Phi) is 5.13. The van der Waals surface area contributed by atoms with Gasteiger partial charge in [0.1, 0.15) is 21.6 Å². The number of aryl methyl sites for hydroxylation is 1. The van der Waals surface area contributed by atoms with Crippen LogP contribution in [0.4, 0.5) is 11.4 Å². The predicted octanol–water partition coefficient (Wildman–Crippen LogP) is 5.48. The second-order valence-corrected chi connectivity index (χ2v) is 9.49. The van der Waals surface area contributed by atoms with E-state index in [2.05, 4.69) is 28.3 Å². The summed E-state index contributed by atoms with van der Waals surface area (Å²) in [6.45, 7) is 2.05. The SMILES string of the molecule is Cc1c(Nc2c(C#N)cnc3sc(-c4ccc(C[SH](=O)=O)cc4)cc23)ccc2[nH]ccc12. The number of thiophene rings is 1. The molecule has 5 rings (SSSR count). The first-order valence-electron chi connectivity index (χ1n) is 9.91. The molecule has 3 aromatic heterocycles. The number of aromatic amines is 1. The number of H-pyrrole nitrogens is 1. The number of thiol groups is 1. The van der Waals surface area contributed by atoms with Crippen molar-refractivity contribution in [3.63, 3.8) is 0 Å². The number of benzene rings is 2. The Labute approximate surface area is 190 Å². The average Bonchev–Trinajstić information content (AvgIpc) is 3.43. The number of fused-ring (bicyclic) bond motifs is 2. The van der Waals surface area contributed by atoms with Gasteiger partial charge in [0, 0.05) is 39.2 Å². The van der Waals surface area contributed by atoms with E-state index in [9.17, 15) is 13.7 Å². The zero-order valence-electron chi connectivity index (χ0n) is 17.0. The van der Waals surface area contributed by atoms with Crippen LogP contribution in [0.2, 0.25) is 0 Å². The molecule has 8 heteroatoms. The molecule has 3 heterocycles. The van der Waals surface area contributed by atoms with Crippen LogP contribution in [-0.2, 0) is 16.5 Å². The largest absolute Gasteiger partial charge is 0.361 e. The highest BCUT2D eigenvalue weighted by Crippen LogP contribution is 2.39. The monoisotopic (exact) mass is 458 g/mol. The van der Waals surface area contributed by atoms with Crippen molar-refractivity contribution in [2.45, 2.75) is 12.7 Å². The third kappa shape index (κ3) is 3.62. The highest BCUT2D eigenvalue weighted by molar-refractivity contribution is 7.71. The number of nitrogens with zero attached hydrogens (tertiary/aromatic N) is 2. The molecule has 6 nitrogen and oxygen atoms in total. The normalized spacial score (nSPS) is 11.3. The van der Waals surface area contributed by atoms with Crippen LogP contribution in [-0.4, -0.2) is 18.4 Å². The van der Waals surface area contributed by atoms with Gasteiger partial charge < -0.3 is 10.3 Å². The van der Waals surface area contributed by atoms with Gasteiger partial charge in [-0.1, -0.05) is 24.3 Å². The number of nitriles is 1. The van der Waals surface area contributed by atoms with Crippen LogP contribution < -0.4 is 5.32 Å². The lowest BCUT2D eigenvalue weighted by molar-refractivity contribution is 0.614. The van der Waals surface area contributed by atoms with Gasteiger partial charge in [0.15, 0.2) is 0 Å². The third-order valence-electron chi connectivity index (χ3n) is 5.50. The van der Waals surface area contributed by atoms with Crippen LogP contribution in [0.3, 0.4) is 0 Å². The van der Waals surface area contributed by atoms with Crippen molar-refractivity contribution in [2.75, 3.05) is 5.32 Å². The molecule has 0 spiro atoms. The van der Waals surface area contributed by atoms with E-state index in [4.69, 9.17) is 0 Å². The number of pyridine rings is 1. The fourth-order valence-electron chi connectivity index (χ4n) is 3.83. The maximum Gasteiger partial charge on any atom is 0.144 e. The number of hydrogen-bond acceptors (Lipinski definition) is 6. The average molecular weight is 459 g/mol. The fraction of sp³-hybridized carbons (Fsp3) is 0.0833. The summed E-state index contributed by atoms with van der Waals surface area (Å²) in [5, 5.41) is 15.2. The minimum atomic E-state index is -2.45. The van der Waals surface area contributed by atoms with Crippen LogP contribution in [0, 0.1) is 18.3 Å². The molecule has 0 aliphatic carbocycles. The van der Waals surface area contributed by atoms with Gasteiger partial charge in [-0.3, -0.25) is 0 Å². The summed E-state index contributed by atoms with van der Waals surface area (Å²) < 4.78 is 21.9. The summed E-state index contributed by atoms with van der Waals surface area (Å²) in [7, 11) is -2.45. The Balaban J connectivity index is 1.58. The second kappa shape index (κ2) is 8.11. The molecule has 0 saturated heterocycles. The molecule has 2 aromatic carbocycles. The van der Waals surface area contributed by atoms with E-state index in [1.54, 1.807) is 6.20 Å². The van der Waals surface area contributed by atoms with Crippen molar-refractivity contribution in [3.8, 4) is 16.5 Å². The van der Waals surface area contributed by atoms with Gasteiger partial charge >= 0.3 is 0 Å². The van der Waals surface area contributed by atoms with Crippen molar-refractivity contribution in [2.24, 2.45) is 0 Å². The molecule has 0 saturated carbocycles. The minimum absolute atomic E-state index is 0.0357. The molecule has 158 valence electrons. The molecule has 5 aromatic rings. The molecular formula is C24H18N4O2S2. The zero-order chi connectivity index (χ0) is 22.2. The topological polar surface area (TPSA) is 98.6 Å². The van der Waals surface area contributed by atoms with Gasteiger partial charge in [-0.05, 0) is 47.9 Å². The fourth-order valence-corrected chi connectivity index (χ4v) is 5.35. The van der Waals surface area contributed by atoms with Gasteiger partial charge in [0.05, 0.1) is 17.0 Å². The molecular weight excluding hydrogens is 440 g/mol. The molecule has 0 aliphatic rings. The first kappa shape index (κ1) is 20.2. The van der Waals surface area contributed by atoms with Gasteiger partial charge in [-0.2, -0.15) is 5.26 Å². The van der Waals surface area contributed by atoms with Crippen molar-refractivity contribution in [1.29, 1.82) is 5.26 Å². The number of nitrogens with one attached hydrogen (secondary N) is 2. The Hall–Kier alpha value is -3.67. The standard InChI is InChI=1S/C24H18N4O2S2/c1-14-18-8-9-26-21(18)7-6-20(14)28-23-17(11-25)12-27-24-19(23)10-22(31-24)16-4-2-15(3-5-16)13-32(29)30/h2-10,12,26,32H,13H2,1H3,(H,27,28). The number of aromatic nitrogens is 2. The lowest BCUT2D eigenvalue weighted by Gasteiger charge is -2.12. The van der Waals surface area contributed by atoms with Crippen LogP contribution >= 0.6 is 11.3 Å². The van der Waals surface area contributed by atoms with Crippen molar-refractivity contribution < 1.29 is 8.42 Å². The summed E-state index contributed by atoms with van der Waals surface area (Å²) in [5.74, 6) is 0.0357. The Morgan fingerprint density at radius 3 is 2.69 bits per heavy atom. The van der Waals surface area contributed by atoms with E-state index in [-0.39, 0.29) is 5.75 Å². The Morgan fingerprint density at radius 1 is 1.12 bits per heavy atom. The predicted molar refractivity (Wildman–Crippen MR) is 130 cm³/mol. The van der Waals surface area contributed by atoms with Crippen molar-refractivity contribution in [1.82, 2.24) is 9.97 Å². The quantitative estimate of drug-likeness (QED) is 0.303. The first-order valence-corrected chi connectivity index (χ1v) is 12.1. The summed E-state index contributed by atoms with van der Waals surface area (Å²) in [4.78, 5) is 9.54. The molecule has 0 radical (unpaired) electrons. The maximum atomic E-state index is 11.0. The third-order valence-corrected chi connectivity index (χ3v) is 7.21. The number of rotatable bonds is 5. The molecule has 0 fully saturated rings. The Bertz CT molecular complexity index is 1580. The van der Waals surface area contributed by atoms with E-state index >= 15 is 0 Å². The highest BCUT2D eigenvalue weighted by atomic mass is 32.2. The molecule has 0 unspecified atom stereocenters. The second-order valence-electron chi connectivity index (χ2n) is 7.48. The summed E-state index contributed by atoms with van der Waals surface area (Å²) in [5.41, 5.74) is 6.05. The van der Waals surface area contributed by atoms with Crippen LogP contribution in [0.15, 0.2) is 60.9 Å². The molecule has 32 heavy (non-hydrogen) atoms. The lowest BCUT2D eigenvalue weighted by atomic mass is 10.1. The van der Waals surface area contributed by atoms with Crippen LogP contribution in [0.1, 0.15) is 16.7 Å². The molecule has 0 aliphatic heterocycles. The van der Waals surface area contributed by atoms with Gasteiger partial charge in [-0.25, -0.2) is 13.4 Å². The molecule has 0 amide bonds. The molecule has 2 N–H and O–H groups in total. The first-order chi connectivity index (χ1) is 15.5. The van der Waals surface area contributed by atoms with Crippen LogP contribution in [0.5, 0.6) is 0 Å². The summed E-state index contributed by atoms with van der Waals surface area (Å²) in [6.07, 6.45) is 3.52.